The summed E-state index contributed by atoms with van der Waals surface area (Å²) < 4.78 is 0. The van der Waals surface area contributed by atoms with Gasteiger partial charge in [-0.1, -0.05) is 19.4 Å². The van der Waals surface area contributed by atoms with Gasteiger partial charge in [0.25, 0.3) is 0 Å². The molecule has 1 aliphatic heterocycles. The molecule has 2 amide bonds. The van der Waals surface area contributed by atoms with Crippen molar-refractivity contribution in [1.29, 1.82) is 0 Å². The molecule has 2 rings (SSSR count). The van der Waals surface area contributed by atoms with Crippen molar-refractivity contribution in [2.75, 3.05) is 30.8 Å². The Balaban J connectivity index is 2.12. The molecule has 1 fully saturated rings. The Morgan fingerprint density at radius 3 is 2.70 bits per heavy atom. The number of anilines is 1. The van der Waals surface area contributed by atoms with E-state index in [0.29, 0.717) is 19.6 Å². The lowest BCUT2D eigenvalue weighted by atomic mass is 10.2. The Bertz CT molecular complexity index is 504. The fourth-order valence-corrected chi connectivity index (χ4v) is 2.71. The van der Waals surface area contributed by atoms with Crippen molar-refractivity contribution in [3.05, 3.63) is 24.3 Å². The van der Waals surface area contributed by atoms with Crippen LogP contribution < -0.4 is 4.90 Å². The van der Waals surface area contributed by atoms with Gasteiger partial charge in [-0.3, -0.25) is 9.59 Å². The van der Waals surface area contributed by atoms with Crippen LogP contribution >= 0.6 is 11.8 Å². The lowest BCUT2D eigenvalue weighted by Gasteiger charge is -2.33. The van der Waals surface area contributed by atoms with Gasteiger partial charge in [-0.05, 0) is 30.9 Å². The molecule has 0 unspecified atom stereocenters. The molecule has 1 heterocycles. The maximum absolute atomic E-state index is 12.2. The lowest BCUT2D eigenvalue weighted by molar-refractivity contribution is -0.146. The van der Waals surface area contributed by atoms with Crippen molar-refractivity contribution in [2.45, 2.75) is 24.7 Å². The first-order valence-corrected chi connectivity index (χ1v) is 8.14. The van der Waals surface area contributed by atoms with Crippen LogP contribution in [0.15, 0.2) is 29.2 Å². The summed E-state index contributed by atoms with van der Waals surface area (Å²) in [6, 6.07) is 7.75. The van der Waals surface area contributed by atoms with Gasteiger partial charge in [0.2, 0.25) is 0 Å². The number of amides is 2. The summed E-state index contributed by atoms with van der Waals surface area (Å²) in [7, 11) is 0. The maximum Gasteiger partial charge on any atom is 0.316 e. The first-order valence-electron chi connectivity index (χ1n) is 6.92. The minimum Gasteiger partial charge on any atom is -0.333 e. The summed E-state index contributed by atoms with van der Waals surface area (Å²) in [5, 5.41) is 0. The van der Waals surface area contributed by atoms with Crippen molar-refractivity contribution in [1.82, 2.24) is 4.90 Å². The van der Waals surface area contributed by atoms with Crippen LogP contribution in [0.1, 0.15) is 19.8 Å². The number of hydrogen-bond acceptors (Lipinski definition) is 3. The molecular weight excluding hydrogens is 272 g/mol. The van der Waals surface area contributed by atoms with E-state index in [-0.39, 0.29) is 5.91 Å². The van der Waals surface area contributed by atoms with Gasteiger partial charge < -0.3 is 9.80 Å². The van der Waals surface area contributed by atoms with E-state index in [1.807, 2.05) is 30.5 Å². The van der Waals surface area contributed by atoms with E-state index in [1.165, 1.54) is 0 Å². The molecule has 0 radical (unpaired) electrons. The Hall–Kier alpha value is -1.49. The molecule has 0 aromatic heterocycles. The van der Waals surface area contributed by atoms with Gasteiger partial charge >= 0.3 is 11.8 Å². The van der Waals surface area contributed by atoms with E-state index in [0.717, 1.165) is 23.4 Å². The lowest BCUT2D eigenvalue weighted by Crippen LogP contribution is -2.54. The van der Waals surface area contributed by atoms with Crippen molar-refractivity contribution < 1.29 is 9.59 Å². The zero-order valence-corrected chi connectivity index (χ0v) is 12.8. The fraction of sp³-hybridized carbons (Fsp3) is 0.467. The van der Waals surface area contributed by atoms with Gasteiger partial charge in [-0.25, -0.2) is 0 Å². The molecule has 0 N–H and O–H groups in total. The highest BCUT2D eigenvalue weighted by molar-refractivity contribution is 7.98. The fourth-order valence-electron chi connectivity index (χ4n) is 2.26. The molecule has 108 valence electrons. The van der Waals surface area contributed by atoms with Crippen molar-refractivity contribution in [2.24, 2.45) is 0 Å². The summed E-state index contributed by atoms with van der Waals surface area (Å²) in [5.74, 6) is -0.787. The van der Waals surface area contributed by atoms with Crippen LogP contribution in [0.5, 0.6) is 0 Å². The summed E-state index contributed by atoms with van der Waals surface area (Å²) in [5.41, 5.74) is 0.811. The average Bonchev–Trinajstić information content (AvgIpc) is 2.49. The highest BCUT2D eigenvalue weighted by atomic mass is 32.2. The second kappa shape index (κ2) is 6.79. The molecule has 0 atom stereocenters. The third kappa shape index (κ3) is 3.15. The minimum atomic E-state index is -0.411. The predicted octanol–water partition coefficient (Wildman–Crippen LogP) is 2.38. The first-order chi connectivity index (χ1) is 9.67. The molecular formula is C15H20N2O2S. The number of carbonyl (C=O) groups excluding carboxylic acids is 2. The van der Waals surface area contributed by atoms with Crippen LogP contribution in [0.3, 0.4) is 0 Å². The number of hydrogen-bond donors (Lipinski definition) is 0. The first kappa shape index (κ1) is 14.9. The molecule has 0 aliphatic carbocycles. The number of carbonyl (C=O) groups is 2. The molecule has 1 aliphatic rings. The number of benzene rings is 1. The Labute approximate surface area is 124 Å². The average molecular weight is 292 g/mol. The Kier molecular flexibility index (Phi) is 5.06. The second-order valence-electron chi connectivity index (χ2n) is 4.80. The number of piperazine rings is 1. The molecule has 0 spiro atoms. The zero-order valence-electron chi connectivity index (χ0n) is 12.0. The molecule has 0 bridgehead atoms. The molecule has 5 heteroatoms. The zero-order chi connectivity index (χ0) is 14.5. The molecule has 1 saturated heterocycles. The second-order valence-corrected chi connectivity index (χ2v) is 5.68. The Morgan fingerprint density at radius 1 is 1.20 bits per heavy atom. The highest BCUT2D eigenvalue weighted by Crippen LogP contribution is 2.24. The smallest absolute Gasteiger partial charge is 0.316 e. The van der Waals surface area contributed by atoms with E-state index in [9.17, 15) is 9.59 Å². The van der Waals surface area contributed by atoms with Crippen molar-refractivity contribution >= 4 is 29.3 Å². The van der Waals surface area contributed by atoms with Crippen LogP contribution in [0, 0.1) is 0 Å². The van der Waals surface area contributed by atoms with Crippen LogP contribution in [0.2, 0.25) is 0 Å². The minimum absolute atomic E-state index is 0.376. The van der Waals surface area contributed by atoms with Crippen LogP contribution in [0.4, 0.5) is 5.69 Å². The monoisotopic (exact) mass is 292 g/mol. The molecule has 20 heavy (non-hydrogen) atoms. The van der Waals surface area contributed by atoms with E-state index in [1.54, 1.807) is 21.6 Å². The van der Waals surface area contributed by atoms with Crippen LogP contribution in [-0.2, 0) is 9.59 Å². The van der Waals surface area contributed by atoms with Crippen molar-refractivity contribution in [3.63, 3.8) is 0 Å². The molecule has 0 saturated carbocycles. The third-order valence-corrected chi connectivity index (χ3v) is 4.18. The van der Waals surface area contributed by atoms with Gasteiger partial charge in [-0.15, -0.1) is 11.8 Å². The van der Waals surface area contributed by atoms with Gasteiger partial charge in [0.1, 0.15) is 0 Å². The summed E-state index contributed by atoms with van der Waals surface area (Å²) in [4.78, 5) is 28.7. The number of nitrogens with zero attached hydrogens (tertiary/aromatic N) is 2. The summed E-state index contributed by atoms with van der Waals surface area (Å²) in [6.07, 6.45) is 3.97. The van der Waals surface area contributed by atoms with Gasteiger partial charge in [0, 0.05) is 30.2 Å². The molecule has 1 aromatic rings. The maximum atomic E-state index is 12.2. The third-order valence-electron chi connectivity index (χ3n) is 3.46. The van der Waals surface area contributed by atoms with Crippen LogP contribution in [0.25, 0.3) is 0 Å². The van der Waals surface area contributed by atoms with E-state index in [4.69, 9.17) is 0 Å². The molecule has 1 aromatic carbocycles. The topological polar surface area (TPSA) is 40.6 Å². The van der Waals surface area contributed by atoms with E-state index >= 15 is 0 Å². The van der Waals surface area contributed by atoms with E-state index < -0.39 is 5.91 Å². The number of unbranched alkanes of at least 4 members (excludes halogenated alkanes) is 1. The summed E-state index contributed by atoms with van der Waals surface area (Å²) >= 11 is 1.63. The normalized spacial score (nSPS) is 15.9. The summed E-state index contributed by atoms with van der Waals surface area (Å²) in [6.45, 7) is 3.95. The predicted molar refractivity (Wildman–Crippen MR) is 82.1 cm³/mol. The van der Waals surface area contributed by atoms with E-state index in [2.05, 4.69) is 6.92 Å². The van der Waals surface area contributed by atoms with Crippen LogP contribution in [-0.4, -0.2) is 42.6 Å². The number of thioether (sulfide) groups is 1. The number of rotatable bonds is 5. The van der Waals surface area contributed by atoms with Gasteiger partial charge in [0.15, 0.2) is 0 Å². The quantitative estimate of drug-likeness (QED) is 0.618. The SMILES string of the molecule is CCCCN1CCN(c2cccc(SC)c2)C(=O)C1=O. The largest absolute Gasteiger partial charge is 0.333 e. The van der Waals surface area contributed by atoms with Gasteiger partial charge in [-0.2, -0.15) is 0 Å². The van der Waals surface area contributed by atoms with Gasteiger partial charge in [0.05, 0.1) is 0 Å². The standard InChI is InChI=1S/C15H20N2O2S/c1-3-4-8-16-9-10-17(15(19)14(16)18)12-6-5-7-13(11-12)20-2/h5-7,11H,3-4,8-10H2,1-2H3. The van der Waals surface area contributed by atoms with Crippen molar-refractivity contribution in [3.8, 4) is 0 Å². The highest BCUT2D eigenvalue weighted by Gasteiger charge is 2.32. The molecule has 4 nitrogen and oxygen atoms in total. The Morgan fingerprint density at radius 2 is 2.00 bits per heavy atom.